The summed E-state index contributed by atoms with van der Waals surface area (Å²) in [4.78, 5) is 19.5. The Hall–Kier alpha value is -0.980. The Morgan fingerprint density at radius 1 is 1.48 bits per heavy atom. The van der Waals surface area contributed by atoms with Crippen LogP contribution in [0.5, 0.6) is 0 Å². The highest BCUT2D eigenvalue weighted by Gasteiger charge is 2.23. The van der Waals surface area contributed by atoms with Gasteiger partial charge in [-0.1, -0.05) is 13.8 Å². The smallest absolute Gasteiger partial charge is 0.263 e. The van der Waals surface area contributed by atoms with Crippen molar-refractivity contribution < 1.29 is 9.53 Å². The fourth-order valence-corrected chi connectivity index (χ4v) is 3.38. The summed E-state index contributed by atoms with van der Waals surface area (Å²) in [6.45, 7) is 10.5. The summed E-state index contributed by atoms with van der Waals surface area (Å²) < 4.78 is 5.42. The number of nitrogens with one attached hydrogen (secondary N) is 1. The van der Waals surface area contributed by atoms with Gasteiger partial charge in [-0.3, -0.25) is 9.69 Å². The zero-order valence-electron chi connectivity index (χ0n) is 13.1. The summed E-state index contributed by atoms with van der Waals surface area (Å²) in [5, 5.41) is 3.08. The van der Waals surface area contributed by atoms with Crippen LogP contribution in [0.3, 0.4) is 0 Å². The molecule has 1 aliphatic heterocycles. The molecule has 0 radical (unpaired) electrons. The third kappa shape index (κ3) is 4.76. The van der Waals surface area contributed by atoms with Crippen molar-refractivity contribution in [2.24, 2.45) is 5.92 Å². The summed E-state index contributed by atoms with van der Waals surface area (Å²) in [7, 11) is 0. The molecule has 118 valence electrons. The normalized spacial score (nSPS) is 17.9. The van der Waals surface area contributed by atoms with Gasteiger partial charge < -0.3 is 10.1 Å². The minimum atomic E-state index is -0.00276. The molecule has 0 saturated carbocycles. The number of hydrogen-bond acceptors (Lipinski definition) is 5. The van der Waals surface area contributed by atoms with Crippen LogP contribution in [-0.4, -0.2) is 54.7 Å². The van der Waals surface area contributed by atoms with Gasteiger partial charge in [-0.2, -0.15) is 0 Å². The Morgan fingerprint density at radius 2 is 2.19 bits per heavy atom. The van der Waals surface area contributed by atoms with E-state index in [1.54, 1.807) is 5.51 Å². The molecule has 2 rings (SSSR count). The number of hydrogen-bond donors (Lipinski definition) is 1. The van der Waals surface area contributed by atoms with E-state index in [4.69, 9.17) is 4.74 Å². The number of nitrogens with zero attached hydrogens (tertiary/aromatic N) is 2. The van der Waals surface area contributed by atoms with Crippen molar-refractivity contribution in [3.05, 3.63) is 16.1 Å². The minimum Gasteiger partial charge on any atom is -0.379 e. The molecule has 0 aromatic carbocycles. The van der Waals surface area contributed by atoms with Crippen LogP contribution < -0.4 is 5.32 Å². The highest BCUT2D eigenvalue weighted by molar-refractivity contribution is 7.11. The third-order valence-corrected chi connectivity index (χ3v) is 4.68. The van der Waals surface area contributed by atoms with Gasteiger partial charge in [0.2, 0.25) is 0 Å². The number of aryl methyl sites for hydroxylation is 1. The molecular weight excluding hydrogens is 286 g/mol. The van der Waals surface area contributed by atoms with E-state index in [0.29, 0.717) is 18.5 Å². The van der Waals surface area contributed by atoms with Gasteiger partial charge in [-0.15, -0.1) is 11.3 Å². The molecule has 1 aromatic heterocycles. The summed E-state index contributed by atoms with van der Waals surface area (Å²) in [5.41, 5.74) is 2.53. The van der Waals surface area contributed by atoms with Gasteiger partial charge in [0, 0.05) is 25.7 Å². The van der Waals surface area contributed by atoms with E-state index >= 15 is 0 Å². The summed E-state index contributed by atoms with van der Waals surface area (Å²) in [6.07, 6.45) is 1.09. The number of rotatable bonds is 6. The van der Waals surface area contributed by atoms with Crippen LogP contribution in [0.2, 0.25) is 0 Å². The molecule has 2 heterocycles. The second-order valence-electron chi connectivity index (χ2n) is 5.91. The van der Waals surface area contributed by atoms with Gasteiger partial charge in [0.05, 0.1) is 24.4 Å². The number of thiazole rings is 1. The number of amides is 1. The Morgan fingerprint density at radius 3 is 2.76 bits per heavy atom. The average molecular weight is 311 g/mol. The average Bonchev–Trinajstić information content (AvgIpc) is 2.90. The van der Waals surface area contributed by atoms with E-state index in [1.165, 1.54) is 11.3 Å². The molecule has 0 spiro atoms. The largest absolute Gasteiger partial charge is 0.379 e. The number of carbonyl (C=O) groups is 1. The van der Waals surface area contributed by atoms with Crippen LogP contribution in [0.4, 0.5) is 0 Å². The van der Waals surface area contributed by atoms with E-state index in [9.17, 15) is 4.79 Å². The first kappa shape index (κ1) is 16.4. The summed E-state index contributed by atoms with van der Waals surface area (Å²) in [6, 6.07) is 0.381. The fourth-order valence-electron chi connectivity index (χ4n) is 2.66. The topological polar surface area (TPSA) is 54.5 Å². The molecule has 1 amide bonds. The van der Waals surface area contributed by atoms with Crippen molar-refractivity contribution in [1.29, 1.82) is 0 Å². The Labute approximate surface area is 130 Å². The van der Waals surface area contributed by atoms with E-state index in [2.05, 4.69) is 29.0 Å². The van der Waals surface area contributed by atoms with E-state index in [-0.39, 0.29) is 5.91 Å². The molecule has 0 bridgehead atoms. The molecule has 1 atom stereocenters. The van der Waals surface area contributed by atoms with Gasteiger partial charge in [0.15, 0.2) is 0 Å². The molecule has 1 N–H and O–H groups in total. The number of morpholine rings is 1. The van der Waals surface area contributed by atoms with E-state index in [1.807, 2.05) is 6.92 Å². The zero-order chi connectivity index (χ0) is 15.2. The van der Waals surface area contributed by atoms with Crippen molar-refractivity contribution in [2.75, 3.05) is 32.8 Å². The maximum absolute atomic E-state index is 12.2. The number of carbonyl (C=O) groups excluding carboxylic acids is 1. The van der Waals surface area contributed by atoms with Crippen molar-refractivity contribution in [3.63, 3.8) is 0 Å². The van der Waals surface area contributed by atoms with Gasteiger partial charge in [0.25, 0.3) is 5.91 Å². The second-order valence-corrected chi connectivity index (χ2v) is 6.76. The highest BCUT2D eigenvalue weighted by atomic mass is 32.1. The molecule has 21 heavy (non-hydrogen) atoms. The second kappa shape index (κ2) is 7.87. The molecular formula is C15H25N3O2S. The molecule has 6 heteroatoms. The molecule has 1 aliphatic rings. The van der Waals surface area contributed by atoms with Crippen LogP contribution >= 0.6 is 11.3 Å². The first-order valence-corrected chi connectivity index (χ1v) is 8.46. The van der Waals surface area contributed by atoms with Crippen molar-refractivity contribution in [1.82, 2.24) is 15.2 Å². The Kier molecular flexibility index (Phi) is 6.14. The van der Waals surface area contributed by atoms with Crippen LogP contribution in [0.25, 0.3) is 0 Å². The van der Waals surface area contributed by atoms with Crippen molar-refractivity contribution >= 4 is 17.2 Å². The van der Waals surface area contributed by atoms with Crippen molar-refractivity contribution in [3.8, 4) is 0 Å². The van der Waals surface area contributed by atoms with E-state index in [0.717, 1.165) is 43.3 Å². The molecule has 0 unspecified atom stereocenters. The van der Waals surface area contributed by atoms with Gasteiger partial charge in [-0.25, -0.2) is 4.98 Å². The molecule has 5 nitrogen and oxygen atoms in total. The van der Waals surface area contributed by atoms with Crippen LogP contribution in [0, 0.1) is 12.8 Å². The molecule has 1 fully saturated rings. The lowest BCUT2D eigenvalue weighted by Crippen LogP contribution is -2.49. The maximum Gasteiger partial charge on any atom is 0.263 e. The lowest BCUT2D eigenvalue weighted by Gasteiger charge is -2.35. The SMILES string of the molecule is Cc1ncsc1C(=O)NC[C@@H](CC(C)C)N1CCOCC1. The standard InChI is InChI=1S/C15H25N3O2S/c1-11(2)8-13(18-4-6-20-7-5-18)9-16-15(19)14-12(3)17-10-21-14/h10-11,13H,4-9H2,1-3H3,(H,16,19)/t13-/m1/s1. The first-order valence-electron chi connectivity index (χ1n) is 7.58. The predicted molar refractivity (Wildman–Crippen MR) is 84.8 cm³/mol. The minimum absolute atomic E-state index is 0.00276. The molecule has 0 aliphatic carbocycles. The lowest BCUT2D eigenvalue weighted by atomic mass is 10.0. The Balaban J connectivity index is 1.92. The Bertz CT molecular complexity index is 456. The molecule has 1 aromatic rings. The third-order valence-electron chi connectivity index (χ3n) is 3.76. The summed E-state index contributed by atoms with van der Waals surface area (Å²) >= 11 is 1.40. The molecule has 1 saturated heterocycles. The van der Waals surface area contributed by atoms with E-state index < -0.39 is 0 Å². The maximum atomic E-state index is 12.2. The van der Waals surface area contributed by atoms with Crippen molar-refractivity contribution in [2.45, 2.75) is 33.2 Å². The predicted octanol–water partition coefficient (Wildman–Crippen LogP) is 1.93. The monoisotopic (exact) mass is 311 g/mol. The first-order chi connectivity index (χ1) is 10.1. The highest BCUT2D eigenvalue weighted by Crippen LogP contribution is 2.15. The zero-order valence-corrected chi connectivity index (χ0v) is 13.9. The quantitative estimate of drug-likeness (QED) is 0.872. The van der Waals surface area contributed by atoms with Crippen LogP contribution in [-0.2, 0) is 4.74 Å². The van der Waals surface area contributed by atoms with Gasteiger partial charge in [0.1, 0.15) is 4.88 Å². The van der Waals surface area contributed by atoms with Gasteiger partial charge >= 0.3 is 0 Å². The van der Waals surface area contributed by atoms with Crippen LogP contribution in [0.1, 0.15) is 35.6 Å². The van der Waals surface area contributed by atoms with Crippen LogP contribution in [0.15, 0.2) is 5.51 Å². The fraction of sp³-hybridized carbons (Fsp3) is 0.733. The lowest BCUT2D eigenvalue weighted by molar-refractivity contribution is 0.0125. The summed E-state index contributed by atoms with van der Waals surface area (Å²) in [5.74, 6) is 0.608. The number of ether oxygens (including phenoxy) is 1. The number of aromatic nitrogens is 1. The van der Waals surface area contributed by atoms with Gasteiger partial charge in [-0.05, 0) is 19.3 Å².